The van der Waals surface area contributed by atoms with Crippen LogP contribution in [0.3, 0.4) is 0 Å². The van der Waals surface area contributed by atoms with Crippen molar-refractivity contribution in [3.8, 4) is 17.2 Å². The maximum Gasteiger partial charge on any atom is 0.231 e. The number of rotatable bonds is 10. The zero-order valence-corrected chi connectivity index (χ0v) is 17.0. The van der Waals surface area contributed by atoms with Gasteiger partial charge in [-0.3, -0.25) is 0 Å². The van der Waals surface area contributed by atoms with Crippen LogP contribution in [0.1, 0.15) is 31.7 Å². The van der Waals surface area contributed by atoms with E-state index in [1.807, 2.05) is 18.2 Å². The third kappa shape index (κ3) is 5.80. The highest BCUT2D eigenvalue weighted by molar-refractivity contribution is 7.59. The lowest BCUT2D eigenvalue weighted by Crippen LogP contribution is -2.24. The monoisotopic (exact) mass is 408 g/mol. The molecular formula is C19H28N4O4S. The minimum Gasteiger partial charge on any atom is -0.488 e. The number of aliphatic hydroxyl groups is 1. The number of nitrogens with zero attached hydrogens (tertiary/aromatic N) is 2. The molecule has 1 aromatic carbocycles. The number of nitrogens with one attached hydrogen (secondary N) is 1. The van der Waals surface area contributed by atoms with Gasteiger partial charge in [0.2, 0.25) is 12.7 Å². The minimum atomic E-state index is -0.0970. The van der Waals surface area contributed by atoms with Crippen LogP contribution in [0.2, 0.25) is 0 Å². The van der Waals surface area contributed by atoms with Crippen molar-refractivity contribution in [1.82, 2.24) is 9.97 Å². The van der Waals surface area contributed by atoms with E-state index < -0.39 is 0 Å². The molecule has 4 N–H and O–H groups in total. The quantitative estimate of drug-likeness (QED) is 0.514. The molecule has 154 valence electrons. The number of nitrogen functional groups attached to an aromatic ring is 1. The minimum absolute atomic E-state index is 0. The summed E-state index contributed by atoms with van der Waals surface area (Å²) in [6, 6.07) is 5.86. The van der Waals surface area contributed by atoms with E-state index in [0.29, 0.717) is 18.2 Å². The SMILES string of the molecule is CCC[C@@H](CO)Nc1nc(N)ncc1OCCCc1ccc2c(c1)OCO2.S. The summed E-state index contributed by atoms with van der Waals surface area (Å²) in [7, 11) is 0. The summed E-state index contributed by atoms with van der Waals surface area (Å²) < 4.78 is 16.6. The molecule has 1 aromatic heterocycles. The summed E-state index contributed by atoms with van der Waals surface area (Å²) in [5.74, 6) is 2.79. The molecule has 2 aromatic rings. The Hall–Kier alpha value is -2.39. The van der Waals surface area contributed by atoms with Crippen LogP contribution >= 0.6 is 13.5 Å². The second-order valence-electron chi connectivity index (χ2n) is 6.39. The second kappa shape index (κ2) is 10.8. The molecule has 0 amide bonds. The van der Waals surface area contributed by atoms with E-state index in [9.17, 15) is 5.11 Å². The predicted molar refractivity (Wildman–Crippen MR) is 113 cm³/mol. The van der Waals surface area contributed by atoms with Crippen LogP contribution in [0.25, 0.3) is 0 Å². The topological polar surface area (TPSA) is 112 Å². The van der Waals surface area contributed by atoms with Crippen molar-refractivity contribution in [3.63, 3.8) is 0 Å². The van der Waals surface area contributed by atoms with E-state index in [1.54, 1.807) is 6.20 Å². The average molecular weight is 409 g/mol. The first-order chi connectivity index (χ1) is 13.2. The summed E-state index contributed by atoms with van der Waals surface area (Å²) in [5, 5.41) is 12.7. The summed E-state index contributed by atoms with van der Waals surface area (Å²) in [5.41, 5.74) is 6.86. The van der Waals surface area contributed by atoms with Gasteiger partial charge in [-0.2, -0.15) is 18.5 Å². The van der Waals surface area contributed by atoms with Crippen molar-refractivity contribution >= 4 is 25.3 Å². The molecule has 0 spiro atoms. The summed E-state index contributed by atoms with van der Waals surface area (Å²) in [4.78, 5) is 8.21. The molecule has 8 nitrogen and oxygen atoms in total. The van der Waals surface area contributed by atoms with Crippen molar-refractivity contribution in [1.29, 1.82) is 0 Å². The number of fused-ring (bicyclic) bond motifs is 1. The summed E-state index contributed by atoms with van der Waals surface area (Å²) in [6.07, 6.45) is 5.01. The van der Waals surface area contributed by atoms with Gasteiger partial charge in [0, 0.05) is 0 Å². The second-order valence-corrected chi connectivity index (χ2v) is 6.39. The van der Waals surface area contributed by atoms with Gasteiger partial charge in [0.15, 0.2) is 23.1 Å². The Morgan fingerprint density at radius 3 is 2.93 bits per heavy atom. The molecule has 3 rings (SSSR count). The van der Waals surface area contributed by atoms with Gasteiger partial charge < -0.3 is 30.4 Å². The Kier molecular flexibility index (Phi) is 8.46. The van der Waals surface area contributed by atoms with Crippen LogP contribution in [0.15, 0.2) is 24.4 Å². The van der Waals surface area contributed by atoms with Gasteiger partial charge in [-0.25, -0.2) is 4.98 Å². The fourth-order valence-corrected chi connectivity index (χ4v) is 2.90. The molecule has 28 heavy (non-hydrogen) atoms. The number of nitrogens with two attached hydrogens (primary N) is 1. The van der Waals surface area contributed by atoms with E-state index in [-0.39, 0.29) is 38.9 Å². The molecule has 0 saturated heterocycles. The summed E-state index contributed by atoms with van der Waals surface area (Å²) in [6.45, 7) is 2.86. The maximum atomic E-state index is 9.49. The molecule has 0 radical (unpaired) electrons. The van der Waals surface area contributed by atoms with Crippen molar-refractivity contribution < 1.29 is 19.3 Å². The number of hydrogen-bond donors (Lipinski definition) is 3. The fraction of sp³-hybridized carbons (Fsp3) is 0.474. The Labute approximate surface area is 171 Å². The number of aliphatic hydroxyl groups excluding tert-OH is 1. The zero-order valence-electron chi connectivity index (χ0n) is 16.0. The standard InChI is InChI=1S/C19H26N4O4.H2S/c1-2-4-14(11-24)22-18-17(10-21-19(20)23-18)25-8-3-5-13-6-7-15-16(9-13)27-12-26-15;/h6-7,9-10,14,24H,2-5,8,11-12H2,1H3,(H3,20,21,22,23);1H2/t14-;/m0./s1. The number of aryl methyl sites for hydroxylation is 1. The van der Waals surface area contributed by atoms with E-state index in [1.165, 1.54) is 0 Å². The highest BCUT2D eigenvalue weighted by atomic mass is 32.1. The lowest BCUT2D eigenvalue weighted by atomic mass is 10.1. The van der Waals surface area contributed by atoms with Gasteiger partial charge in [-0.15, -0.1) is 0 Å². The number of aromatic nitrogens is 2. The molecule has 1 aliphatic rings. The molecule has 0 unspecified atom stereocenters. The Morgan fingerprint density at radius 1 is 1.32 bits per heavy atom. The molecule has 0 saturated carbocycles. The first kappa shape index (κ1) is 21.9. The zero-order chi connectivity index (χ0) is 19.1. The number of ether oxygens (including phenoxy) is 3. The first-order valence-corrected chi connectivity index (χ1v) is 9.20. The predicted octanol–water partition coefficient (Wildman–Crippen LogP) is 2.48. The van der Waals surface area contributed by atoms with E-state index in [2.05, 4.69) is 22.2 Å². The fourth-order valence-electron chi connectivity index (χ4n) is 2.90. The van der Waals surface area contributed by atoms with Crippen molar-refractivity contribution in [2.24, 2.45) is 0 Å². The Bertz CT molecular complexity index is 763. The Balaban J connectivity index is 0.00000280. The van der Waals surface area contributed by atoms with Gasteiger partial charge in [-0.05, 0) is 37.0 Å². The molecule has 0 fully saturated rings. The van der Waals surface area contributed by atoms with Crippen molar-refractivity contribution in [2.75, 3.05) is 31.1 Å². The van der Waals surface area contributed by atoms with Crippen LogP contribution in [0, 0.1) is 0 Å². The van der Waals surface area contributed by atoms with Crippen LogP contribution in [-0.4, -0.2) is 41.1 Å². The molecule has 1 atom stereocenters. The lowest BCUT2D eigenvalue weighted by molar-refractivity contribution is 0.174. The largest absolute Gasteiger partial charge is 0.488 e. The van der Waals surface area contributed by atoms with Gasteiger partial charge in [0.25, 0.3) is 0 Å². The molecule has 0 bridgehead atoms. The smallest absolute Gasteiger partial charge is 0.231 e. The molecule has 9 heteroatoms. The molecule has 0 aliphatic carbocycles. The van der Waals surface area contributed by atoms with E-state index in [4.69, 9.17) is 19.9 Å². The van der Waals surface area contributed by atoms with Crippen molar-refractivity contribution in [3.05, 3.63) is 30.0 Å². The molecular weight excluding hydrogens is 380 g/mol. The third-order valence-electron chi connectivity index (χ3n) is 4.28. The number of anilines is 2. The van der Waals surface area contributed by atoms with Crippen LogP contribution in [-0.2, 0) is 6.42 Å². The first-order valence-electron chi connectivity index (χ1n) is 9.20. The Morgan fingerprint density at radius 2 is 2.14 bits per heavy atom. The third-order valence-corrected chi connectivity index (χ3v) is 4.28. The number of hydrogen-bond acceptors (Lipinski definition) is 8. The van der Waals surface area contributed by atoms with Crippen LogP contribution in [0.5, 0.6) is 17.2 Å². The normalized spacial score (nSPS) is 12.9. The van der Waals surface area contributed by atoms with Crippen LogP contribution < -0.4 is 25.3 Å². The highest BCUT2D eigenvalue weighted by Crippen LogP contribution is 2.32. The lowest BCUT2D eigenvalue weighted by Gasteiger charge is -2.18. The molecule has 1 aliphatic heterocycles. The van der Waals surface area contributed by atoms with Gasteiger partial charge in [-0.1, -0.05) is 19.4 Å². The maximum absolute atomic E-state index is 9.49. The highest BCUT2D eigenvalue weighted by Gasteiger charge is 2.14. The number of benzene rings is 1. The van der Waals surface area contributed by atoms with E-state index in [0.717, 1.165) is 42.7 Å². The van der Waals surface area contributed by atoms with Crippen LogP contribution in [0.4, 0.5) is 11.8 Å². The average Bonchev–Trinajstić information content (AvgIpc) is 3.14. The van der Waals surface area contributed by atoms with E-state index >= 15 is 0 Å². The van der Waals surface area contributed by atoms with Crippen molar-refractivity contribution in [2.45, 2.75) is 38.6 Å². The van der Waals surface area contributed by atoms with Gasteiger partial charge >= 0.3 is 0 Å². The molecule has 2 heterocycles. The van der Waals surface area contributed by atoms with Gasteiger partial charge in [0.05, 0.1) is 25.5 Å². The summed E-state index contributed by atoms with van der Waals surface area (Å²) >= 11 is 0. The van der Waals surface area contributed by atoms with Gasteiger partial charge in [0.1, 0.15) is 0 Å².